The minimum absolute atomic E-state index is 0.0545. The average molecular weight is 300 g/mol. The van der Waals surface area contributed by atoms with Crippen LogP contribution in [0.2, 0.25) is 0 Å². The minimum Gasteiger partial charge on any atom is -0.490 e. The molecule has 1 aromatic rings. The molecule has 1 saturated carbocycles. The summed E-state index contributed by atoms with van der Waals surface area (Å²) in [5.74, 6) is 0.178. The zero-order valence-electron chi connectivity index (χ0n) is 12.2. The van der Waals surface area contributed by atoms with Crippen molar-refractivity contribution in [3.63, 3.8) is 0 Å². The lowest BCUT2D eigenvalue weighted by atomic mass is 9.76. The van der Waals surface area contributed by atoms with Gasteiger partial charge in [-0.1, -0.05) is 13.8 Å². The number of rotatable bonds is 3. The van der Waals surface area contributed by atoms with E-state index in [1.807, 2.05) is 0 Å². The molecule has 116 valence electrons. The van der Waals surface area contributed by atoms with Gasteiger partial charge in [0.2, 0.25) is 0 Å². The van der Waals surface area contributed by atoms with Gasteiger partial charge in [-0.05, 0) is 49.3 Å². The first-order valence-corrected chi connectivity index (χ1v) is 7.04. The summed E-state index contributed by atoms with van der Waals surface area (Å²) in [5.41, 5.74) is -1.02. The van der Waals surface area contributed by atoms with Crippen LogP contribution >= 0.6 is 0 Å². The van der Waals surface area contributed by atoms with Crippen molar-refractivity contribution in [1.82, 2.24) is 0 Å². The topological polar surface area (TPSA) is 26.3 Å². The lowest BCUT2D eigenvalue weighted by Crippen LogP contribution is -2.28. The average Bonchev–Trinajstić information content (AvgIpc) is 2.40. The van der Waals surface area contributed by atoms with Crippen LogP contribution in [0.4, 0.5) is 13.2 Å². The number of aldehydes is 1. The first-order chi connectivity index (χ1) is 9.71. The Bertz CT molecular complexity index is 511. The van der Waals surface area contributed by atoms with Gasteiger partial charge in [0.15, 0.2) is 6.29 Å². The number of ether oxygens (including phenoxy) is 1. The Kier molecular flexibility index (Phi) is 4.30. The molecular formula is C16H19F3O2. The highest BCUT2D eigenvalue weighted by atomic mass is 19.4. The quantitative estimate of drug-likeness (QED) is 0.745. The zero-order valence-corrected chi connectivity index (χ0v) is 12.2. The summed E-state index contributed by atoms with van der Waals surface area (Å²) in [4.78, 5) is 10.7. The predicted molar refractivity (Wildman–Crippen MR) is 73.5 cm³/mol. The maximum atomic E-state index is 12.9. The molecule has 0 unspecified atom stereocenters. The number of benzene rings is 1. The predicted octanol–water partition coefficient (Wildman–Crippen LogP) is 4.87. The van der Waals surface area contributed by atoms with E-state index in [4.69, 9.17) is 4.74 Å². The lowest BCUT2D eigenvalue weighted by molar-refractivity contribution is -0.138. The molecule has 1 aliphatic rings. The van der Waals surface area contributed by atoms with E-state index in [1.54, 1.807) is 0 Å². The Morgan fingerprint density at radius 1 is 1.24 bits per heavy atom. The fourth-order valence-electron chi connectivity index (χ4n) is 2.64. The van der Waals surface area contributed by atoms with E-state index >= 15 is 0 Å². The molecule has 0 aromatic heterocycles. The van der Waals surface area contributed by atoms with E-state index in [2.05, 4.69) is 13.8 Å². The summed E-state index contributed by atoms with van der Waals surface area (Å²) in [6.45, 7) is 4.37. The highest BCUT2D eigenvalue weighted by Crippen LogP contribution is 2.38. The third-order valence-corrected chi connectivity index (χ3v) is 4.05. The van der Waals surface area contributed by atoms with Gasteiger partial charge >= 0.3 is 6.18 Å². The van der Waals surface area contributed by atoms with E-state index in [0.717, 1.165) is 37.8 Å². The van der Waals surface area contributed by atoms with Crippen molar-refractivity contribution in [2.24, 2.45) is 5.41 Å². The summed E-state index contributed by atoms with van der Waals surface area (Å²) in [6.07, 6.45) is -0.721. The Morgan fingerprint density at radius 2 is 1.86 bits per heavy atom. The SMILES string of the molecule is CC1(C)CCC(Oc2ccc(C=O)c(C(F)(F)F)c2)CC1. The van der Waals surface area contributed by atoms with Crippen LogP contribution in [-0.4, -0.2) is 12.4 Å². The molecule has 21 heavy (non-hydrogen) atoms. The number of hydrogen-bond donors (Lipinski definition) is 0. The van der Waals surface area contributed by atoms with Crippen molar-refractivity contribution in [3.8, 4) is 5.75 Å². The van der Waals surface area contributed by atoms with Crippen molar-refractivity contribution < 1.29 is 22.7 Å². The standard InChI is InChI=1S/C16H19F3O2/c1-15(2)7-5-12(6-8-15)21-13-4-3-11(10-20)14(9-13)16(17,18)19/h3-4,9-10,12H,5-8H2,1-2H3. The highest BCUT2D eigenvalue weighted by molar-refractivity contribution is 5.78. The van der Waals surface area contributed by atoms with E-state index < -0.39 is 11.7 Å². The van der Waals surface area contributed by atoms with Crippen molar-refractivity contribution in [1.29, 1.82) is 0 Å². The summed E-state index contributed by atoms with van der Waals surface area (Å²) in [6, 6.07) is 3.51. The van der Waals surface area contributed by atoms with Crippen LogP contribution in [0.3, 0.4) is 0 Å². The Morgan fingerprint density at radius 3 is 2.38 bits per heavy atom. The fraction of sp³-hybridized carbons (Fsp3) is 0.562. The van der Waals surface area contributed by atoms with E-state index in [1.165, 1.54) is 6.07 Å². The van der Waals surface area contributed by atoms with E-state index in [-0.39, 0.29) is 29.1 Å². The molecule has 2 rings (SSSR count). The van der Waals surface area contributed by atoms with Gasteiger partial charge in [0.1, 0.15) is 5.75 Å². The van der Waals surface area contributed by atoms with Crippen molar-refractivity contribution in [2.75, 3.05) is 0 Å². The molecule has 0 N–H and O–H groups in total. The molecule has 0 saturated heterocycles. The van der Waals surface area contributed by atoms with Crippen LogP contribution in [0.15, 0.2) is 18.2 Å². The Balaban J connectivity index is 2.13. The molecule has 2 nitrogen and oxygen atoms in total. The summed E-state index contributed by atoms with van der Waals surface area (Å²) in [7, 11) is 0. The van der Waals surface area contributed by atoms with E-state index in [9.17, 15) is 18.0 Å². The monoisotopic (exact) mass is 300 g/mol. The van der Waals surface area contributed by atoms with Crippen molar-refractivity contribution >= 4 is 6.29 Å². The van der Waals surface area contributed by atoms with E-state index in [0.29, 0.717) is 0 Å². The van der Waals surface area contributed by atoms with Crippen LogP contribution < -0.4 is 4.74 Å². The van der Waals surface area contributed by atoms with Gasteiger partial charge in [0.25, 0.3) is 0 Å². The largest absolute Gasteiger partial charge is 0.490 e. The molecule has 0 heterocycles. The van der Waals surface area contributed by atoms with Crippen LogP contribution in [-0.2, 0) is 6.18 Å². The van der Waals surface area contributed by atoms with Crippen LogP contribution in [0.5, 0.6) is 5.75 Å². The Labute approximate surface area is 122 Å². The number of carbonyl (C=O) groups excluding carboxylic acids is 1. The van der Waals surface area contributed by atoms with Crippen molar-refractivity contribution in [2.45, 2.75) is 51.8 Å². The normalized spacial score (nSPS) is 19.3. The van der Waals surface area contributed by atoms with Gasteiger partial charge in [0, 0.05) is 5.56 Å². The van der Waals surface area contributed by atoms with Crippen LogP contribution in [0.1, 0.15) is 55.5 Å². The Hall–Kier alpha value is -1.52. The molecule has 0 bridgehead atoms. The second-order valence-electron chi connectivity index (χ2n) is 6.35. The van der Waals surface area contributed by atoms with Gasteiger partial charge in [-0.25, -0.2) is 0 Å². The minimum atomic E-state index is -4.55. The van der Waals surface area contributed by atoms with Crippen LogP contribution in [0, 0.1) is 5.41 Å². The van der Waals surface area contributed by atoms with Gasteiger partial charge in [-0.15, -0.1) is 0 Å². The van der Waals surface area contributed by atoms with Crippen LogP contribution in [0.25, 0.3) is 0 Å². The van der Waals surface area contributed by atoms with Gasteiger partial charge in [-0.2, -0.15) is 13.2 Å². The first-order valence-electron chi connectivity index (χ1n) is 7.04. The lowest BCUT2D eigenvalue weighted by Gasteiger charge is -2.34. The third-order valence-electron chi connectivity index (χ3n) is 4.05. The van der Waals surface area contributed by atoms with Gasteiger partial charge in [0.05, 0.1) is 11.7 Å². The molecule has 0 amide bonds. The molecule has 1 aliphatic carbocycles. The molecule has 5 heteroatoms. The zero-order chi connectivity index (χ0) is 15.7. The number of halogens is 3. The highest BCUT2D eigenvalue weighted by Gasteiger charge is 2.34. The van der Waals surface area contributed by atoms with Crippen molar-refractivity contribution in [3.05, 3.63) is 29.3 Å². The number of alkyl halides is 3. The number of carbonyl (C=O) groups is 1. The molecule has 0 spiro atoms. The molecular weight excluding hydrogens is 281 g/mol. The first kappa shape index (κ1) is 15.9. The summed E-state index contributed by atoms with van der Waals surface area (Å²) < 4.78 is 44.3. The van der Waals surface area contributed by atoms with Gasteiger partial charge in [-0.3, -0.25) is 4.79 Å². The smallest absolute Gasteiger partial charge is 0.417 e. The summed E-state index contributed by atoms with van der Waals surface area (Å²) in [5, 5.41) is 0. The maximum Gasteiger partial charge on any atom is 0.417 e. The van der Waals surface area contributed by atoms with Gasteiger partial charge < -0.3 is 4.74 Å². The molecule has 0 radical (unpaired) electrons. The fourth-order valence-corrected chi connectivity index (χ4v) is 2.64. The number of hydrogen-bond acceptors (Lipinski definition) is 2. The molecule has 1 aromatic carbocycles. The molecule has 0 aliphatic heterocycles. The second-order valence-corrected chi connectivity index (χ2v) is 6.35. The molecule has 0 atom stereocenters. The molecule has 1 fully saturated rings. The third kappa shape index (κ3) is 3.99. The maximum absolute atomic E-state index is 12.9. The second kappa shape index (κ2) is 5.70. The summed E-state index contributed by atoms with van der Waals surface area (Å²) >= 11 is 0.